The van der Waals surface area contributed by atoms with Crippen molar-refractivity contribution in [1.29, 1.82) is 0 Å². The molecule has 0 saturated carbocycles. The van der Waals surface area contributed by atoms with Gasteiger partial charge in [0.1, 0.15) is 35.2 Å². The second-order valence-corrected chi connectivity index (χ2v) is 16.5. The van der Waals surface area contributed by atoms with Crippen LogP contribution in [0.3, 0.4) is 0 Å². The van der Waals surface area contributed by atoms with E-state index in [2.05, 4.69) is 75.7 Å². The Morgan fingerprint density at radius 2 is 0.911 bits per heavy atom. The molecule has 0 amide bonds. The minimum atomic E-state index is -3.60. The summed E-state index contributed by atoms with van der Waals surface area (Å²) in [7, 11) is 1.48. The van der Waals surface area contributed by atoms with Crippen LogP contribution in [-0.4, -0.2) is 158 Å². The van der Waals surface area contributed by atoms with Gasteiger partial charge in [0.2, 0.25) is 0 Å². The third-order valence-electron chi connectivity index (χ3n) is 8.18. The van der Waals surface area contributed by atoms with Crippen LogP contribution in [-0.2, 0) is 206 Å². The maximum Gasteiger partial charge on any atom is 0.373 e. The molecule has 31 nitrogen and oxygen atoms in total. The Balaban J connectivity index is -0.000000148. The van der Waals surface area contributed by atoms with Crippen molar-refractivity contribution in [1.82, 2.24) is 24.9 Å². The van der Waals surface area contributed by atoms with Gasteiger partial charge in [0.15, 0.2) is 27.9 Å². The van der Waals surface area contributed by atoms with Crippen molar-refractivity contribution in [2.24, 2.45) is 0 Å². The first-order valence-electron chi connectivity index (χ1n) is 23.8. The van der Waals surface area contributed by atoms with Crippen molar-refractivity contribution in [2.45, 2.75) is 52.7 Å². The van der Waals surface area contributed by atoms with Crippen molar-refractivity contribution < 1.29 is 245 Å². The monoisotopic (exact) mass is 1590 g/mol. The zero-order valence-corrected chi connectivity index (χ0v) is 62.2. The Hall–Kier alpha value is -5.51. The zero-order valence-electron chi connectivity index (χ0n) is 50.0. The number of aromatic nitrogens is 5. The van der Waals surface area contributed by atoms with Crippen molar-refractivity contribution >= 4 is 58.4 Å². The number of hydrogen-bond donors (Lipinski definition) is 5. The molecule has 0 aromatic carbocycles. The fourth-order valence-corrected chi connectivity index (χ4v) is 5.33. The summed E-state index contributed by atoms with van der Waals surface area (Å²) in [5.74, 6) is -1.86. The van der Waals surface area contributed by atoms with Gasteiger partial charge in [0, 0.05) is 216 Å². The number of H-pyrrole nitrogens is 2. The quantitative estimate of drug-likeness (QED) is 0.0343. The molecule has 0 fully saturated rings. The number of carbonyl (C=O) groups excluding carboxylic acids is 10. The van der Waals surface area contributed by atoms with Crippen molar-refractivity contribution in [3.63, 3.8) is 0 Å². The minimum Gasteiger partial charge on any atom is -0.496 e. The summed E-state index contributed by atoms with van der Waals surface area (Å²) < 4.78 is 60.7. The van der Waals surface area contributed by atoms with E-state index in [4.69, 9.17) is 58.3 Å². The number of hydrogen-bond acceptors (Lipinski definition) is 28. The maximum atomic E-state index is 11.5. The predicted molar refractivity (Wildman–Crippen MR) is 293 cm³/mol. The van der Waals surface area contributed by atoms with Gasteiger partial charge in [-0.05, 0) is 13.8 Å². The molecule has 0 atom stereocenters. The molecule has 0 aliphatic heterocycles. The molecule has 90 heavy (non-hydrogen) atoms. The van der Waals surface area contributed by atoms with Crippen LogP contribution in [0.25, 0.3) is 0 Å². The normalized spacial score (nSPS) is 8.77. The molecule has 5 N–H and O–H groups in total. The third-order valence-corrected chi connectivity index (χ3v) is 8.73. The molecule has 5 rings (SSSR count). The average Bonchev–Trinajstić information content (AvgIpc) is 3.70. The smallest absolute Gasteiger partial charge is 0.373 e. The first kappa shape index (κ1) is 101. The van der Waals surface area contributed by atoms with Crippen LogP contribution in [0.1, 0.15) is 101 Å². The zero-order chi connectivity index (χ0) is 66.6. The fraction of sp³-hybridized carbons (Fsp3) is 0.315. The van der Waals surface area contributed by atoms with Crippen LogP contribution in [0.4, 0.5) is 0 Å². The molecule has 5 aromatic heterocycles. The summed E-state index contributed by atoms with van der Waals surface area (Å²) in [6.45, 7) is 18.8. The molecule has 36 heteroatoms. The second-order valence-electron chi connectivity index (χ2n) is 14.9. The summed E-state index contributed by atoms with van der Waals surface area (Å²) in [4.78, 5) is 142. The van der Waals surface area contributed by atoms with E-state index >= 15 is 0 Å². The van der Waals surface area contributed by atoms with E-state index in [0.717, 1.165) is 18.0 Å². The number of carboxylic acids is 1. The number of aromatic carboxylic acids is 1. The molecular formula is C54H65N5O26SY4-4. The number of aliphatic hydroxyl groups is 2. The van der Waals surface area contributed by atoms with Gasteiger partial charge in [-0.15, -0.1) is 19.3 Å². The van der Waals surface area contributed by atoms with Crippen LogP contribution >= 0.6 is 0 Å². The number of nitrogens with zero attached hydrogens (tertiary/aromatic N) is 3. The van der Waals surface area contributed by atoms with E-state index in [9.17, 15) is 42.0 Å². The number of aromatic amines is 2. The topological polar surface area (TPSA) is 461 Å². The Kier molecular flexibility index (Phi) is 71.2. The molecule has 484 valence electrons. The van der Waals surface area contributed by atoms with Gasteiger partial charge in [-0.1, -0.05) is 0 Å². The van der Waals surface area contributed by atoms with Gasteiger partial charge in [0.25, 0.3) is 10.1 Å². The Labute approximate surface area is 618 Å². The molecular weight excluding hydrogens is 1520 g/mol. The molecule has 0 saturated heterocycles. The Morgan fingerprint density at radius 3 is 1.23 bits per heavy atom. The third kappa shape index (κ3) is 53.2. The summed E-state index contributed by atoms with van der Waals surface area (Å²) in [6, 6.07) is 14.2. The summed E-state index contributed by atoms with van der Waals surface area (Å²) >= 11 is 0. The van der Waals surface area contributed by atoms with Crippen LogP contribution in [0, 0.1) is 41.5 Å². The Bertz CT molecular complexity index is 3160. The molecule has 0 bridgehead atoms. The summed E-state index contributed by atoms with van der Waals surface area (Å²) in [5.41, 5.74) is 1.95. The van der Waals surface area contributed by atoms with E-state index in [1.165, 1.54) is 71.0 Å². The number of carbonyl (C=O) groups is 5. The van der Waals surface area contributed by atoms with Crippen molar-refractivity contribution in [3.05, 3.63) is 166 Å². The number of methoxy groups -OCH3 is 4. The summed E-state index contributed by atoms with van der Waals surface area (Å²) in [5, 5.41) is 25.1. The van der Waals surface area contributed by atoms with Gasteiger partial charge in [0.05, 0.1) is 72.5 Å². The minimum absolute atomic E-state index is 0. The van der Waals surface area contributed by atoms with Gasteiger partial charge in [-0.25, -0.2) is 38.9 Å². The average molecular weight is 1590 g/mol. The standard InChI is InChI=1S/C12H16NO6S.C11H14NO4.C11H14NO3.C8H9NO3.C6H5NO3.C3H7O.3CO2.4Y/c1-4-5-18-10-6-9(8-19-20(3,15)16)13-11(7-10)12(14)17-2;1-3-4-16-9-5-8(7-13)12-10(6-9)11(14)15-2;1-4-5-15-9-6-8(2)12-10(7-9)11(13)14-3;1-5-3-6(10)4-7(9-5)8(11)12-2;8-4-1-2-7-5(3-4)6(9)10;1-2-3-4;3*2-1-3;;;;/h6-7H,1,4-5,8H2,2-3H3;5-6,13H,1,3-4,7H2,2H3;6-7H,1,4-5H2,2-3H3;3-4H,1-2H3,(H,9,10);1-3H,(H,7,8)(H,9,10);4H,1-3H2;;;;;;;/q3*-1;;;-1;;;;;;;. The van der Waals surface area contributed by atoms with Crippen LogP contribution in [0.15, 0.2) is 76.4 Å². The van der Waals surface area contributed by atoms with E-state index in [0.29, 0.717) is 74.1 Å². The molecule has 0 aliphatic rings. The maximum absolute atomic E-state index is 11.5. The molecule has 5 aromatic rings. The number of carboxylic acid groups (broad SMARTS) is 1. The SMILES string of the molecule is COC(=O)c1cc(=O)cc(C)[nH]1.O=C(O)c1cc(=O)cc[nH]1.O=C=O.O=C=O.O=C=O.[CH2-]CCO.[CH2-]CCOc1cc(C)nc(C(=O)OC)c1.[CH2-]CCOc1cc(CO)nc(C(=O)OC)c1.[CH2-]CCOc1cc(COS(C)(=O)=O)nc(C(=O)OC)c1.[Y].[Y].[Y].[Y]. The van der Waals surface area contributed by atoms with E-state index in [1.807, 2.05) is 0 Å². The summed E-state index contributed by atoms with van der Waals surface area (Å²) in [6.07, 6.45) is 5.44. The molecule has 4 radical (unpaired) electrons. The second kappa shape index (κ2) is 63.6. The van der Waals surface area contributed by atoms with Crippen molar-refractivity contribution in [3.8, 4) is 17.2 Å². The van der Waals surface area contributed by atoms with Crippen LogP contribution in [0.2, 0.25) is 0 Å². The number of aliphatic hydroxyl groups excluding tert-OH is 2. The van der Waals surface area contributed by atoms with E-state index < -0.39 is 40.0 Å². The molecule has 5 heterocycles. The van der Waals surface area contributed by atoms with Crippen LogP contribution in [0.5, 0.6) is 17.2 Å². The first-order chi connectivity index (χ1) is 40.7. The number of aryl methyl sites for hydroxylation is 2. The number of ether oxygens (including phenoxy) is 7. The van der Waals surface area contributed by atoms with Gasteiger partial charge in [-0.2, -0.15) is 43.6 Å². The van der Waals surface area contributed by atoms with Gasteiger partial charge in [-0.3, -0.25) is 13.8 Å². The van der Waals surface area contributed by atoms with Crippen molar-refractivity contribution in [2.75, 3.05) is 61.1 Å². The van der Waals surface area contributed by atoms with E-state index in [1.54, 1.807) is 32.0 Å². The van der Waals surface area contributed by atoms with Gasteiger partial charge < -0.3 is 86.1 Å². The molecule has 0 aliphatic carbocycles. The Morgan fingerprint density at radius 1 is 0.544 bits per heavy atom. The van der Waals surface area contributed by atoms with Crippen LogP contribution < -0.4 is 25.1 Å². The fourth-order valence-electron chi connectivity index (χ4n) is 5.00. The molecule has 0 spiro atoms. The number of nitrogens with one attached hydrogen (secondary N) is 2. The predicted octanol–water partition coefficient (Wildman–Crippen LogP) is 2.68. The molecule has 0 unspecified atom stereocenters. The van der Waals surface area contributed by atoms with E-state index in [-0.39, 0.29) is 214 Å². The number of esters is 4. The largest absolute Gasteiger partial charge is 0.496 e. The number of rotatable bonds is 19. The first-order valence-corrected chi connectivity index (χ1v) is 25.6. The number of pyridine rings is 5. The van der Waals surface area contributed by atoms with Gasteiger partial charge >= 0.3 is 48.3 Å².